The second-order valence-corrected chi connectivity index (χ2v) is 6.49. The van der Waals surface area contributed by atoms with Gasteiger partial charge in [0.2, 0.25) is 0 Å². The van der Waals surface area contributed by atoms with Gasteiger partial charge in [-0.2, -0.15) is 0 Å². The molecule has 0 radical (unpaired) electrons. The van der Waals surface area contributed by atoms with Gasteiger partial charge in [0.1, 0.15) is 5.82 Å². The van der Waals surface area contributed by atoms with Crippen LogP contribution in [0.3, 0.4) is 0 Å². The van der Waals surface area contributed by atoms with Gasteiger partial charge in [0.05, 0.1) is 30.8 Å². The monoisotopic (exact) mass is 334 g/mol. The number of anilines is 1. The Morgan fingerprint density at radius 3 is 2.67 bits per heavy atom. The number of urea groups is 1. The highest BCUT2D eigenvalue weighted by Crippen LogP contribution is 2.11. The van der Waals surface area contributed by atoms with Gasteiger partial charge in [0, 0.05) is 45.8 Å². The minimum Gasteiger partial charge on any atom is -0.373 e. The minimum atomic E-state index is -0.117. The minimum absolute atomic E-state index is 0.0715. The quantitative estimate of drug-likeness (QED) is 0.855. The Morgan fingerprint density at radius 1 is 1.25 bits per heavy atom. The first-order valence-electron chi connectivity index (χ1n) is 8.47. The van der Waals surface area contributed by atoms with E-state index in [0.717, 1.165) is 32.7 Å². The third kappa shape index (κ3) is 4.62. The lowest BCUT2D eigenvalue weighted by Gasteiger charge is -2.38. The van der Waals surface area contributed by atoms with Gasteiger partial charge in [-0.25, -0.2) is 14.8 Å². The molecule has 1 unspecified atom stereocenters. The Morgan fingerprint density at radius 2 is 1.96 bits per heavy atom. The van der Waals surface area contributed by atoms with E-state index in [0.29, 0.717) is 31.2 Å². The second-order valence-electron chi connectivity index (χ2n) is 6.49. The Labute approximate surface area is 142 Å². The number of carbonyl (C=O) groups is 1. The summed E-state index contributed by atoms with van der Waals surface area (Å²) in [5, 5.41) is 2.85. The number of nitrogens with zero attached hydrogens (tertiary/aromatic N) is 5. The first kappa shape index (κ1) is 17.1. The second kappa shape index (κ2) is 7.87. The highest BCUT2D eigenvalue weighted by Gasteiger charge is 2.27. The van der Waals surface area contributed by atoms with Crippen molar-refractivity contribution in [1.29, 1.82) is 0 Å². The molecule has 1 N–H and O–H groups in total. The molecular formula is C16H26N6O2. The number of ether oxygens (including phenoxy) is 1. The summed E-state index contributed by atoms with van der Waals surface area (Å²) in [7, 11) is 2.15. The van der Waals surface area contributed by atoms with Crippen LogP contribution in [-0.4, -0.2) is 96.3 Å². The zero-order chi connectivity index (χ0) is 16.9. The van der Waals surface area contributed by atoms with Gasteiger partial charge in [-0.3, -0.25) is 4.90 Å². The van der Waals surface area contributed by atoms with Crippen molar-refractivity contribution in [3.05, 3.63) is 18.2 Å². The Bertz CT molecular complexity index is 544. The van der Waals surface area contributed by atoms with Crippen LogP contribution >= 0.6 is 0 Å². The van der Waals surface area contributed by atoms with Crippen LogP contribution in [-0.2, 0) is 4.74 Å². The first-order chi connectivity index (χ1) is 11.6. The molecule has 3 heterocycles. The van der Waals surface area contributed by atoms with Crippen LogP contribution in [0.4, 0.5) is 10.5 Å². The molecular weight excluding hydrogens is 308 g/mol. The summed E-state index contributed by atoms with van der Waals surface area (Å²) in [6, 6.07) is -0.117. The Balaban J connectivity index is 1.49. The molecule has 2 fully saturated rings. The van der Waals surface area contributed by atoms with Crippen LogP contribution in [0.5, 0.6) is 0 Å². The first-order valence-corrected chi connectivity index (χ1v) is 8.47. The number of carbonyl (C=O) groups excluding carboxylic acids is 1. The summed E-state index contributed by atoms with van der Waals surface area (Å²) >= 11 is 0. The molecule has 0 aliphatic carbocycles. The third-order valence-electron chi connectivity index (χ3n) is 4.52. The molecule has 8 nitrogen and oxygen atoms in total. The third-order valence-corrected chi connectivity index (χ3v) is 4.52. The van der Waals surface area contributed by atoms with Gasteiger partial charge in [-0.1, -0.05) is 0 Å². The number of aromatic nitrogens is 2. The van der Waals surface area contributed by atoms with Gasteiger partial charge in [-0.15, -0.1) is 0 Å². The van der Waals surface area contributed by atoms with Crippen LogP contribution in [0.2, 0.25) is 0 Å². The number of aryl methyl sites for hydroxylation is 1. The van der Waals surface area contributed by atoms with Crippen LogP contribution in [0.25, 0.3) is 0 Å². The molecule has 1 atom stereocenters. The normalized spacial score (nSPS) is 23.2. The number of rotatable bonds is 3. The standard InChI is InChI=1S/C16H26N6O2/c1-13-17-9-14(10-18-13)19-16(23)22-7-8-24-15(12-22)11-21-5-3-20(2)4-6-21/h9-10,15H,3-8,11-12H2,1-2H3,(H,19,23). The van der Waals surface area contributed by atoms with E-state index in [9.17, 15) is 4.79 Å². The topological polar surface area (TPSA) is 73.8 Å². The summed E-state index contributed by atoms with van der Waals surface area (Å²) in [6.45, 7) is 8.79. The van der Waals surface area contributed by atoms with E-state index in [1.54, 1.807) is 12.4 Å². The maximum atomic E-state index is 12.4. The van der Waals surface area contributed by atoms with E-state index in [4.69, 9.17) is 4.74 Å². The van der Waals surface area contributed by atoms with Crippen molar-refractivity contribution < 1.29 is 9.53 Å². The van der Waals surface area contributed by atoms with E-state index in [1.165, 1.54) is 0 Å². The maximum Gasteiger partial charge on any atom is 0.322 e. The van der Waals surface area contributed by atoms with Crippen molar-refractivity contribution in [2.45, 2.75) is 13.0 Å². The summed E-state index contributed by atoms with van der Waals surface area (Å²) in [4.78, 5) is 27.2. The molecule has 0 aromatic carbocycles. The smallest absolute Gasteiger partial charge is 0.322 e. The van der Waals surface area contributed by atoms with Crippen LogP contribution in [0.15, 0.2) is 12.4 Å². The molecule has 0 saturated carbocycles. The number of likely N-dealkylation sites (N-methyl/N-ethyl adjacent to an activating group) is 1. The molecule has 2 aliphatic rings. The molecule has 2 amide bonds. The van der Waals surface area contributed by atoms with E-state index >= 15 is 0 Å². The van der Waals surface area contributed by atoms with Crippen molar-refractivity contribution in [2.24, 2.45) is 0 Å². The summed E-state index contributed by atoms with van der Waals surface area (Å²) in [5.41, 5.74) is 0.618. The number of nitrogens with one attached hydrogen (secondary N) is 1. The van der Waals surface area contributed by atoms with Crippen molar-refractivity contribution >= 4 is 11.7 Å². The van der Waals surface area contributed by atoms with E-state index < -0.39 is 0 Å². The van der Waals surface area contributed by atoms with Crippen molar-refractivity contribution in [1.82, 2.24) is 24.7 Å². The number of piperazine rings is 1. The molecule has 132 valence electrons. The fraction of sp³-hybridized carbons (Fsp3) is 0.688. The molecule has 2 saturated heterocycles. The zero-order valence-electron chi connectivity index (χ0n) is 14.4. The molecule has 1 aromatic rings. The van der Waals surface area contributed by atoms with Gasteiger partial charge in [-0.05, 0) is 14.0 Å². The highest BCUT2D eigenvalue weighted by molar-refractivity contribution is 5.89. The van der Waals surface area contributed by atoms with Gasteiger partial charge in [0.25, 0.3) is 0 Å². The SMILES string of the molecule is Cc1ncc(NC(=O)N2CCOC(CN3CCN(C)CC3)C2)cn1. The number of morpholine rings is 1. The Hall–Kier alpha value is -1.77. The lowest BCUT2D eigenvalue weighted by Crippen LogP contribution is -2.53. The van der Waals surface area contributed by atoms with Crippen LogP contribution in [0, 0.1) is 6.92 Å². The molecule has 3 rings (SSSR count). The maximum absolute atomic E-state index is 12.4. The van der Waals surface area contributed by atoms with Crippen LogP contribution in [0.1, 0.15) is 5.82 Å². The van der Waals surface area contributed by atoms with Crippen LogP contribution < -0.4 is 5.32 Å². The largest absolute Gasteiger partial charge is 0.373 e. The number of hydrogen-bond acceptors (Lipinski definition) is 6. The van der Waals surface area contributed by atoms with E-state index in [2.05, 4.69) is 32.1 Å². The summed E-state index contributed by atoms with van der Waals surface area (Å²) in [6.07, 6.45) is 3.33. The predicted octanol–water partition coefficient (Wildman–Crippen LogP) is 0.265. The van der Waals surface area contributed by atoms with Crippen molar-refractivity contribution in [3.63, 3.8) is 0 Å². The average molecular weight is 334 g/mol. The van der Waals surface area contributed by atoms with E-state index in [-0.39, 0.29) is 12.1 Å². The molecule has 1 aromatic heterocycles. The predicted molar refractivity (Wildman–Crippen MR) is 91.0 cm³/mol. The summed E-state index contributed by atoms with van der Waals surface area (Å²) in [5.74, 6) is 0.687. The fourth-order valence-corrected chi connectivity index (χ4v) is 2.99. The van der Waals surface area contributed by atoms with Gasteiger partial charge < -0.3 is 19.9 Å². The summed E-state index contributed by atoms with van der Waals surface area (Å²) < 4.78 is 5.85. The van der Waals surface area contributed by atoms with Crippen molar-refractivity contribution in [2.75, 3.05) is 64.8 Å². The fourth-order valence-electron chi connectivity index (χ4n) is 2.99. The van der Waals surface area contributed by atoms with E-state index in [1.807, 2.05) is 11.8 Å². The molecule has 2 aliphatic heterocycles. The molecule has 8 heteroatoms. The molecule has 0 bridgehead atoms. The lowest BCUT2D eigenvalue weighted by atomic mass is 10.2. The van der Waals surface area contributed by atoms with Gasteiger partial charge >= 0.3 is 6.03 Å². The number of amides is 2. The highest BCUT2D eigenvalue weighted by atomic mass is 16.5. The number of hydrogen-bond donors (Lipinski definition) is 1. The van der Waals surface area contributed by atoms with Crippen molar-refractivity contribution in [3.8, 4) is 0 Å². The molecule has 24 heavy (non-hydrogen) atoms. The average Bonchev–Trinajstić information content (AvgIpc) is 2.59. The zero-order valence-corrected chi connectivity index (χ0v) is 14.4. The Kier molecular flexibility index (Phi) is 5.60. The molecule has 0 spiro atoms. The van der Waals surface area contributed by atoms with Gasteiger partial charge in [0.15, 0.2) is 0 Å². The lowest BCUT2D eigenvalue weighted by molar-refractivity contribution is -0.0338.